The number of rotatable bonds is 5. The van der Waals surface area contributed by atoms with Crippen LogP contribution in [0.4, 0.5) is 24.5 Å². The fraction of sp³-hybridized carbons (Fsp3) is 0.364. The highest BCUT2D eigenvalue weighted by Crippen LogP contribution is 2.22. The largest absolute Gasteiger partial charge is 0.393 e. The lowest BCUT2D eigenvalue weighted by atomic mass is 10.1. The van der Waals surface area contributed by atoms with Crippen molar-refractivity contribution in [2.45, 2.75) is 19.0 Å². The number of hydrogen-bond donors (Lipinski definition) is 2. The van der Waals surface area contributed by atoms with Crippen LogP contribution in [0.5, 0.6) is 0 Å². The van der Waals surface area contributed by atoms with Crippen molar-refractivity contribution in [3.63, 3.8) is 0 Å². The van der Waals surface area contributed by atoms with Gasteiger partial charge in [-0.1, -0.05) is 0 Å². The number of halogens is 3. The molecule has 0 aromatic heterocycles. The Bertz CT molecular complexity index is 517. The van der Waals surface area contributed by atoms with Crippen LogP contribution in [0.3, 0.4) is 0 Å². The number of nitrogens with zero attached hydrogens (tertiary/aromatic N) is 1. The Morgan fingerprint density at radius 1 is 1.40 bits per heavy atom. The molecule has 0 saturated heterocycles. The highest BCUT2D eigenvalue weighted by atomic mass is 19.4. The summed E-state index contributed by atoms with van der Waals surface area (Å²) in [5, 5.41) is 12.9. The number of alkyl halides is 3. The van der Waals surface area contributed by atoms with Crippen molar-refractivity contribution in [3.05, 3.63) is 33.9 Å². The Labute approximate surface area is 111 Å². The Morgan fingerprint density at radius 2 is 2.05 bits per heavy atom. The lowest BCUT2D eigenvalue weighted by molar-refractivity contribution is -0.383. The molecule has 0 bridgehead atoms. The van der Waals surface area contributed by atoms with Crippen LogP contribution in [0.15, 0.2) is 18.2 Å². The van der Waals surface area contributed by atoms with Gasteiger partial charge < -0.3 is 11.1 Å². The van der Waals surface area contributed by atoms with Crippen molar-refractivity contribution < 1.29 is 22.9 Å². The number of nitro groups is 1. The number of hydrogen-bond acceptors (Lipinski definition) is 4. The summed E-state index contributed by atoms with van der Waals surface area (Å²) >= 11 is 0. The standard InChI is InChI=1S/C11H12F3N3O3/c12-11(13,14)4-1-5-16-10(18)7-2-3-8(15)9(6-7)17(19)20/h2-3,6H,1,4-5,15H2,(H,16,18). The van der Waals surface area contributed by atoms with E-state index in [0.29, 0.717) is 0 Å². The van der Waals surface area contributed by atoms with Crippen LogP contribution >= 0.6 is 0 Å². The van der Waals surface area contributed by atoms with Crippen molar-refractivity contribution in [1.29, 1.82) is 0 Å². The lowest BCUT2D eigenvalue weighted by Crippen LogP contribution is -2.25. The van der Waals surface area contributed by atoms with Crippen molar-refractivity contribution in [2.75, 3.05) is 12.3 Å². The van der Waals surface area contributed by atoms with Crippen molar-refractivity contribution >= 4 is 17.3 Å². The van der Waals surface area contributed by atoms with Gasteiger partial charge in [-0.15, -0.1) is 0 Å². The quantitative estimate of drug-likeness (QED) is 0.376. The smallest absolute Gasteiger partial charge is 0.389 e. The van der Waals surface area contributed by atoms with Gasteiger partial charge >= 0.3 is 6.18 Å². The highest BCUT2D eigenvalue weighted by Gasteiger charge is 2.26. The van der Waals surface area contributed by atoms with Crippen molar-refractivity contribution in [3.8, 4) is 0 Å². The maximum absolute atomic E-state index is 11.9. The van der Waals surface area contributed by atoms with E-state index >= 15 is 0 Å². The second-order valence-corrected chi connectivity index (χ2v) is 4.01. The van der Waals surface area contributed by atoms with Crippen LogP contribution in [-0.4, -0.2) is 23.6 Å². The number of carbonyl (C=O) groups is 1. The molecular formula is C11H12F3N3O3. The molecule has 0 saturated carbocycles. The van der Waals surface area contributed by atoms with Crippen LogP contribution in [0, 0.1) is 10.1 Å². The number of amides is 1. The predicted molar refractivity (Wildman–Crippen MR) is 65.1 cm³/mol. The summed E-state index contributed by atoms with van der Waals surface area (Å²) in [7, 11) is 0. The van der Waals surface area contributed by atoms with Crippen LogP contribution in [0.25, 0.3) is 0 Å². The van der Waals surface area contributed by atoms with Crippen LogP contribution in [0.2, 0.25) is 0 Å². The molecule has 1 aromatic carbocycles. The van der Waals surface area contributed by atoms with Crippen molar-refractivity contribution in [2.24, 2.45) is 0 Å². The monoisotopic (exact) mass is 291 g/mol. The van der Waals surface area contributed by atoms with Gasteiger partial charge in [0.2, 0.25) is 0 Å². The number of carbonyl (C=O) groups excluding carboxylic acids is 1. The zero-order chi connectivity index (χ0) is 15.3. The third-order valence-electron chi connectivity index (χ3n) is 2.41. The third-order valence-corrected chi connectivity index (χ3v) is 2.41. The van der Waals surface area contributed by atoms with E-state index in [1.165, 1.54) is 12.1 Å². The number of nitrogens with one attached hydrogen (secondary N) is 1. The average Bonchev–Trinajstić information content (AvgIpc) is 2.33. The van der Waals surface area contributed by atoms with E-state index in [1.54, 1.807) is 0 Å². The molecule has 6 nitrogen and oxygen atoms in total. The summed E-state index contributed by atoms with van der Waals surface area (Å²) in [5.74, 6) is -0.685. The minimum atomic E-state index is -4.27. The molecule has 0 heterocycles. The van der Waals surface area contributed by atoms with Gasteiger partial charge in [-0.3, -0.25) is 14.9 Å². The molecule has 3 N–H and O–H groups in total. The van der Waals surface area contributed by atoms with Gasteiger partial charge in [-0.25, -0.2) is 0 Å². The Balaban J connectivity index is 2.60. The number of nitrogen functional groups attached to an aromatic ring is 1. The fourth-order valence-electron chi connectivity index (χ4n) is 1.44. The van der Waals surface area contributed by atoms with E-state index in [9.17, 15) is 28.1 Å². The van der Waals surface area contributed by atoms with E-state index in [2.05, 4.69) is 5.32 Å². The summed E-state index contributed by atoms with van der Waals surface area (Å²) in [6, 6.07) is 3.44. The first-order chi connectivity index (χ1) is 9.20. The molecule has 0 aliphatic heterocycles. The second kappa shape index (κ2) is 6.22. The summed E-state index contributed by atoms with van der Waals surface area (Å²) in [4.78, 5) is 21.5. The van der Waals surface area contributed by atoms with Gasteiger partial charge in [0.15, 0.2) is 0 Å². The van der Waals surface area contributed by atoms with Gasteiger partial charge in [0.25, 0.3) is 11.6 Å². The molecule has 1 aromatic rings. The molecule has 0 unspecified atom stereocenters. The Hall–Kier alpha value is -2.32. The van der Waals surface area contributed by atoms with Gasteiger partial charge in [0.05, 0.1) is 4.92 Å². The van der Waals surface area contributed by atoms with E-state index in [0.717, 1.165) is 6.07 Å². The normalized spacial score (nSPS) is 11.2. The molecule has 9 heteroatoms. The number of anilines is 1. The Morgan fingerprint density at radius 3 is 2.60 bits per heavy atom. The van der Waals surface area contributed by atoms with E-state index in [4.69, 9.17) is 5.73 Å². The topological polar surface area (TPSA) is 98.3 Å². The van der Waals surface area contributed by atoms with E-state index in [-0.39, 0.29) is 24.2 Å². The van der Waals surface area contributed by atoms with Gasteiger partial charge in [0, 0.05) is 24.6 Å². The van der Waals surface area contributed by atoms with Crippen LogP contribution < -0.4 is 11.1 Å². The van der Waals surface area contributed by atoms with Gasteiger partial charge in [-0.2, -0.15) is 13.2 Å². The minimum absolute atomic E-state index is 0.0297. The molecule has 1 amide bonds. The molecule has 0 radical (unpaired) electrons. The van der Waals surface area contributed by atoms with E-state index < -0.39 is 29.1 Å². The second-order valence-electron chi connectivity index (χ2n) is 4.01. The van der Waals surface area contributed by atoms with Gasteiger partial charge in [-0.05, 0) is 18.6 Å². The summed E-state index contributed by atoms with van der Waals surface area (Å²) in [5.41, 5.74) is 4.81. The molecule has 0 spiro atoms. The number of nitro benzene ring substituents is 1. The number of nitrogens with two attached hydrogens (primary N) is 1. The Kier molecular flexibility index (Phi) is 4.89. The highest BCUT2D eigenvalue weighted by molar-refractivity contribution is 5.95. The predicted octanol–water partition coefficient (Wildman–Crippen LogP) is 2.25. The molecule has 110 valence electrons. The molecule has 20 heavy (non-hydrogen) atoms. The molecular weight excluding hydrogens is 279 g/mol. The van der Waals surface area contributed by atoms with Crippen LogP contribution in [-0.2, 0) is 0 Å². The SMILES string of the molecule is Nc1ccc(C(=O)NCCCC(F)(F)F)cc1[N+](=O)[O-]. The third kappa shape index (κ3) is 4.75. The minimum Gasteiger partial charge on any atom is -0.393 e. The maximum atomic E-state index is 11.9. The summed E-state index contributed by atoms with van der Waals surface area (Å²) in [6.07, 6.45) is -5.54. The first kappa shape index (κ1) is 15.7. The van der Waals surface area contributed by atoms with Crippen molar-refractivity contribution in [1.82, 2.24) is 5.32 Å². The average molecular weight is 291 g/mol. The molecule has 1 rings (SSSR count). The van der Waals surface area contributed by atoms with E-state index in [1.807, 2.05) is 0 Å². The zero-order valence-corrected chi connectivity index (χ0v) is 10.2. The zero-order valence-electron chi connectivity index (χ0n) is 10.2. The maximum Gasteiger partial charge on any atom is 0.389 e. The first-order valence-corrected chi connectivity index (χ1v) is 5.59. The molecule has 0 aliphatic carbocycles. The van der Waals surface area contributed by atoms with Crippen LogP contribution in [0.1, 0.15) is 23.2 Å². The first-order valence-electron chi connectivity index (χ1n) is 5.59. The summed E-state index contributed by atoms with van der Waals surface area (Å²) < 4.78 is 35.7. The fourth-order valence-corrected chi connectivity index (χ4v) is 1.44. The molecule has 0 atom stereocenters. The summed E-state index contributed by atoms with van der Waals surface area (Å²) in [6.45, 7) is -0.170. The molecule has 0 fully saturated rings. The van der Waals surface area contributed by atoms with Gasteiger partial charge in [0.1, 0.15) is 5.69 Å². The molecule has 0 aliphatic rings. The number of benzene rings is 1. The lowest BCUT2D eigenvalue weighted by Gasteiger charge is -2.07.